The van der Waals surface area contributed by atoms with Crippen LogP contribution < -0.4 is 20.7 Å². The number of hydrogen-bond acceptors (Lipinski definition) is 7. The number of rotatable bonds is 8. The van der Waals surface area contributed by atoms with Gasteiger partial charge in [-0.15, -0.1) is 0 Å². The van der Waals surface area contributed by atoms with Gasteiger partial charge < -0.3 is 16.0 Å². The smallest absolute Gasteiger partial charge is 0.232 e. The number of halogens is 2. The monoisotopic (exact) mass is 437 g/mol. The van der Waals surface area contributed by atoms with Gasteiger partial charge in [0.25, 0.3) is 0 Å². The molecule has 1 fully saturated rings. The summed E-state index contributed by atoms with van der Waals surface area (Å²) in [5.41, 5.74) is -0.799. The van der Waals surface area contributed by atoms with Crippen molar-refractivity contribution >= 4 is 27.8 Å². The molecule has 3 aliphatic rings. The molecule has 2 heterocycles. The summed E-state index contributed by atoms with van der Waals surface area (Å²) in [6, 6.07) is 1.81. The maximum Gasteiger partial charge on any atom is 0.232 e. The lowest BCUT2D eigenvalue weighted by Gasteiger charge is -2.22. The summed E-state index contributed by atoms with van der Waals surface area (Å²) in [6.45, 7) is 2.09. The summed E-state index contributed by atoms with van der Waals surface area (Å²) in [6.07, 6.45) is 4.56. The Morgan fingerprint density at radius 2 is 2.07 bits per heavy atom. The molecule has 0 spiro atoms. The van der Waals surface area contributed by atoms with E-state index in [2.05, 4.69) is 20.9 Å². The van der Waals surface area contributed by atoms with Crippen molar-refractivity contribution in [2.45, 2.75) is 25.9 Å². The number of nitrogens with zero attached hydrogens (tertiary/aromatic N) is 1. The third kappa shape index (κ3) is 3.89. The molecule has 1 aliphatic carbocycles. The standard InChI is InChI=1S/C19H21F2N5O3S/c1-2-30(28,29)26-13-6-5-12(20)15(16(13)21)17(27)11-8-23-19-14(11)18(24-9-25-19)22-7-10-3-4-10/h5-6,8-10,19,22-23,26H,2-4,7H2,1H3,(H,24,25). The Hall–Kier alpha value is -2.95. The number of Topliss-reactive ketones (excluding diaryl/α,β-unsaturated/α-hetero) is 1. The number of ketones is 1. The SMILES string of the molecule is CCS(=O)(=O)Nc1ccc(F)c(C(=O)C2=CNC3N=CNC(NCC4CC4)=C23)c1F. The number of benzene rings is 1. The fourth-order valence-corrected chi connectivity index (χ4v) is 3.87. The van der Waals surface area contributed by atoms with Gasteiger partial charge in [0, 0.05) is 23.9 Å². The zero-order valence-corrected chi connectivity index (χ0v) is 16.9. The molecule has 1 unspecified atom stereocenters. The third-order valence-corrected chi connectivity index (χ3v) is 6.41. The van der Waals surface area contributed by atoms with Gasteiger partial charge >= 0.3 is 0 Å². The van der Waals surface area contributed by atoms with Crippen LogP contribution in [0, 0.1) is 17.6 Å². The van der Waals surface area contributed by atoms with Gasteiger partial charge in [0.15, 0.2) is 5.82 Å². The fraction of sp³-hybridized carbons (Fsp3) is 0.368. The van der Waals surface area contributed by atoms with E-state index in [0.717, 1.165) is 25.0 Å². The average molecular weight is 437 g/mol. The highest BCUT2D eigenvalue weighted by Gasteiger charge is 2.35. The van der Waals surface area contributed by atoms with Crippen LogP contribution in [0.25, 0.3) is 0 Å². The van der Waals surface area contributed by atoms with Crippen molar-refractivity contribution in [2.75, 3.05) is 17.0 Å². The van der Waals surface area contributed by atoms with Gasteiger partial charge in [0.1, 0.15) is 17.8 Å². The number of carbonyl (C=O) groups excluding carboxylic acids is 1. The molecule has 8 nitrogen and oxygen atoms in total. The second-order valence-electron chi connectivity index (χ2n) is 7.28. The van der Waals surface area contributed by atoms with E-state index in [4.69, 9.17) is 0 Å². The normalized spacial score (nSPS) is 20.2. The van der Waals surface area contributed by atoms with Crippen molar-refractivity contribution in [1.82, 2.24) is 16.0 Å². The first-order valence-electron chi connectivity index (χ1n) is 9.56. The van der Waals surface area contributed by atoms with E-state index in [1.165, 1.54) is 19.5 Å². The number of fused-ring (bicyclic) bond motifs is 1. The van der Waals surface area contributed by atoms with Crippen LogP contribution in [-0.4, -0.2) is 39.0 Å². The maximum atomic E-state index is 15.0. The second kappa shape index (κ2) is 7.71. The topological polar surface area (TPSA) is 112 Å². The number of carbonyl (C=O) groups is 1. The third-order valence-electron chi connectivity index (χ3n) is 5.12. The van der Waals surface area contributed by atoms with E-state index in [1.807, 2.05) is 4.72 Å². The summed E-state index contributed by atoms with van der Waals surface area (Å²) in [5, 5.41) is 9.11. The van der Waals surface area contributed by atoms with Crippen LogP contribution in [-0.2, 0) is 10.0 Å². The Labute approximate surface area is 172 Å². The minimum Gasteiger partial charge on any atom is -0.371 e. The summed E-state index contributed by atoms with van der Waals surface area (Å²) in [4.78, 5) is 17.3. The molecular weight excluding hydrogens is 416 g/mol. The first-order chi connectivity index (χ1) is 14.3. The van der Waals surface area contributed by atoms with E-state index in [9.17, 15) is 22.0 Å². The Morgan fingerprint density at radius 1 is 1.30 bits per heavy atom. The Kier molecular flexibility index (Phi) is 5.22. The van der Waals surface area contributed by atoms with Crippen LogP contribution in [0.2, 0.25) is 0 Å². The molecule has 4 N–H and O–H groups in total. The molecule has 160 valence electrons. The summed E-state index contributed by atoms with van der Waals surface area (Å²) >= 11 is 0. The highest BCUT2D eigenvalue weighted by molar-refractivity contribution is 7.92. The molecule has 0 bridgehead atoms. The van der Waals surface area contributed by atoms with Crippen LogP contribution in [0.4, 0.5) is 14.5 Å². The number of nitrogens with one attached hydrogen (secondary N) is 4. The summed E-state index contributed by atoms with van der Waals surface area (Å²) in [7, 11) is -3.81. The zero-order chi connectivity index (χ0) is 21.5. The first kappa shape index (κ1) is 20.3. The number of aliphatic imine (C=N–C) groups is 1. The van der Waals surface area contributed by atoms with Crippen LogP contribution in [0.3, 0.4) is 0 Å². The molecule has 2 aliphatic heterocycles. The van der Waals surface area contributed by atoms with Crippen molar-refractivity contribution in [1.29, 1.82) is 0 Å². The van der Waals surface area contributed by atoms with E-state index in [-0.39, 0.29) is 11.3 Å². The molecule has 0 saturated heterocycles. The molecule has 1 saturated carbocycles. The van der Waals surface area contributed by atoms with E-state index in [0.29, 0.717) is 23.9 Å². The van der Waals surface area contributed by atoms with Crippen LogP contribution in [0.15, 0.2) is 40.3 Å². The molecule has 0 aromatic heterocycles. The second-order valence-corrected chi connectivity index (χ2v) is 9.29. The van der Waals surface area contributed by atoms with Crippen LogP contribution >= 0.6 is 0 Å². The Bertz CT molecular complexity index is 1090. The lowest BCUT2D eigenvalue weighted by atomic mass is 9.96. The lowest BCUT2D eigenvalue weighted by molar-refractivity contribution is 0.102. The highest BCUT2D eigenvalue weighted by atomic mass is 32.2. The molecule has 1 atom stereocenters. The molecule has 1 aromatic rings. The largest absolute Gasteiger partial charge is 0.371 e. The van der Waals surface area contributed by atoms with Crippen molar-refractivity contribution in [2.24, 2.45) is 10.9 Å². The summed E-state index contributed by atoms with van der Waals surface area (Å²) in [5.74, 6) is -2.43. The predicted octanol–water partition coefficient (Wildman–Crippen LogP) is 1.56. The van der Waals surface area contributed by atoms with E-state index >= 15 is 0 Å². The van der Waals surface area contributed by atoms with Gasteiger partial charge in [-0.3, -0.25) is 9.52 Å². The zero-order valence-electron chi connectivity index (χ0n) is 16.1. The van der Waals surface area contributed by atoms with E-state index in [1.54, 1.807) is 0 Å². The highest BCUT2D eigenvalue weighted by Crippen LogP contribution is 2.32. The van der Waals surface area contributed by atoms with Crippen LogP contribution in [0.1, 0.15) is 30.1 Å². The van der Waals surface area contributed by atoms with Crippen molar-refractivity contribution < 1.29 is 22.0 Å². The fourth-order valence-electron chi connectivity index (χ4n) is 3.23. The van der Waals surface area contributed by atoms with E-state index < -0.39 is 44.9 Å². The quantitative estimate of drug-likeness (QED) is 0.460. The number of sulfonamides is 1. The lowest BCUT2D eigenvalue weighted by Crippen LogP contribution is -2.37. The molecule has 11 heteroatoms. The average Bonchev–Trinajstić information content (AvgIpc) is 3.45. The minimum atomic E-state index is -3.81. The first-order valence-corrected chi connectivity index (χ1v) is 11.2. The van der Waals surface area contributed by atoms with Gasteiger partial charge in [-0.2, -0.15) is 0 Å². The summed E-state index contributed by atoms with van der Waals surface area (Å²) < 4.78 is 55.1. The molecule has 4 rings (SSSR count). The van der Waals surface area contributed by atoms with Gasteiger partial charge in [-0.1, -0.05) is 0 Å². The Balaban J connectivity index is 1.68. The number of anilines is 1. The minimum absolute atomic E-state index is 0.0518. The van der Waals surface area contributed by atoms with Gasteiger partial charge in [0.05, 0.1) is 23.3 Å². The van der Waals surface area contributed by atoms with Gasteiger partial charge in [-0.05, 0) is 37.8 Å². The molecule has 1 aromatic carbocycles. The van der Waals surface area contributed by atoms with Gasteiger partial charge in [0.2, 0.25) is 15.8 Å². The number of hydrogen-bond donors (Lipinski definition) is 4. The Morgan fingerprint density at radius 3 is 2.77 bits per heavy atom. The predicted molar refractivity (Wildman–Crippen MR) is 108 cm³/mol. The molecular formula is C19H21F2N5O3S. The molecule has 0 radical (unpaired) electrons. The van der Waals surface area contributed by atoms with Crippen molar-refractivity contribution in [3.63, 3.8) is 0 Å². The van der Waals surface area contributed by atoms with Gasteiger partial charge in [-0.25, -0.2) is 22.2 Å². The maximum absolute atomic E-state index is 15.0. The molecule has 0 amide bonds. The molecule has 30 heavy (non-hydrogen) atoms. The van der Waals surface area contributed by atoms with Crippen molar-refractivity contribution in [3.8, 4) is 0 Å². The van der Waals surface area contributed by atoms with Crippen LogP contribution in [0.5, 0.6) is 0 Å². The van der Waals surface area contributed by atoms with Crippen molar-refractivity contribution in [3.05, 3.63) is 52.5 Å².